The van der Waals surface area contributed by atoms with Crippen LogP contribution >= 0.6 is 8.19 Å². The Morgan fingerprint density at radius 3 is 2.59 bits per heavy atom. The van der Waals surface area contributed by atoms with Gasteiger partial charge in [0.15, 0.2) is 0 Å². The molecule has 0 aliphatic heterocycles. The van der Waals surface area contributed by atoms with Crippen molar-refractivity contribution in [3.8, 4) is 0 Å². The zero-order chi connectivity index (χ0) is 11.8. The molecule has 1 heterocycles. The van der Waals surface area contributed by atoms with Crippen molar-refractivity contribution in [1.82, 2.24) is 0 Å². The second-order valence-corrected chi connectivity index (χ2v) is 6.04. The summed E-state index contributed by atoms with van der Waals surface area (Å²) in [6.07, 6.45) is 1.22. The standard InChI is InChI=1S/C16H17P/c1-3-11(2)12-8-6-9-14-13-7-4-5-10-15(13)17-16(12)14/h4-11,17H,3H2,1-2H3. The van der Waals surface area contributed by atoms with Crippen molar-refractivity contribution in [2.75, 3.05) is 0 Å². The fraction of sp³-hybridized carbons (Fsp3) is 0.250. The van der Waals surface area contributed by atoms with Crippen LogP contribution in [0.3, 0.4) is 0 Å². The third-order valence-electron chi connectivity index (χ3n) is 3.72. The van der Waals surface area contributed by atoms with E-state index in [1.807, 2.05) is 0 Å². The highest BCUT2D eigenvalue weighted by Crippen LogP contribution is 2.41. The first-order valence-corrected chi connectivity index (χ1v) is 7.30. The predicted molar refractivity (Wildman–Crippen MR) is 79.7 cm³/mol. The molecule has 0 aliphatic rings. The van der Waals surface area contributed by atoms with Gasteiger partial charge in [-0.25, -0.2) is 0 Å². The van der Waals surface area contributed by atoms with Gasteiger partial charge in [-0.1, -0.05) is 56.3 Å². The minimum absolute atomic E-state index is 0.673. The van der Waals surface area contributed by atoms with Gasteiger partial charge in [-0.15, -0.1) is 8.19 Å². The fourth-order valence-corrected chi connectivity index (χ4v) is 4.15. The maximum atomic E-state index is 2.34. The first kappa shape index (κ1) is 10.9. The van der Waals surface area contributed by atoms with E-state index in [1.54, 1.807) is 10.7 Å². The van der Waals surface area contributed by atoms with Crippen LogP contribution in [-0.4, -0.2) is 0 Å². The minimum atomic E-state index is 0.673. The Kier molecular flexibility index (Phi) is 2.68. The zero-order valence-electron chi connectivity index (χ0n) is 10.3. The van der Waals surface area contributed by atoms with Crippen LogP contribution in [0.4, 0.5) is 0 Å². The number of hydrogen-bond acceptors (Lipinski definition) is 0. The van der Waals surface area contributed by atoms with Crippen molar-refractivity contribution in [2.24, 2.45) is 0 Å². The summed E-state index contributed by atoms with van der Waals surface area (Å²) in [6, 6.07) is 15.6. The molecule has 1 heteroatoms. The molecule has 0 saturated heterocycles. The molecule has 0 radical (unpaired) electrons. The average molecular weight is 240 g/mol. The molecule has 0 amide bonds. The summed E-state index contributed by atoms with van der Waals surface area (Å²) in [7, 11) is 0.845. The molecule has 1 aromatic heterocycles. The molecule has 2 atom stereocenters. The monoisotopic (exact) mass is 240 g/mol. The van der Waals surface area contributed by atoms with Crippen molar-refractivity contribution in [2.45, 2.75) is 26.2 Å². The Morgan fingerprint density at radius 2 is 1.76 bits per heavy atom. The maximum absolute atomic E-state index is 2.34. The molecule has 86 valence electrons. The van der Waals surface area contributed by atoms with E-state index in [0.29, 0.717) is 5.92 Å². The Labute approximate surface area is 104 Å². The predicted octanol–water partition coefficient (Wildman–Crippen LogP) is 5.54. The summed E-state index contributed by atoms with van der Waals surface area (Å²) in [4.78, 5) is 0. The van der Waals surface area contributed by atoms with Gasteiger partial charge >= 0.3 is 0 Å². The Morgan fingerprint density at radius 1 is 1.00 bits per heavy atom. The van der Waals surface area contributed by atoms with E-state index in [1.165, 1.54) is 22.3 Å². The van der Waals surface area contributed by atoms with Gasteiger partial charge in [0.25, 0.3) is 0 Å². The molecule has 3 rings (SSSR count). The van der Waals surface area contributed by atoms with Crippen LogP contribution < -0.4 is 0 Å². The molecule has 17 heavy (non-hydrogen) atoms. The van der Waals surface area contributed by atoms with Crippen LogP contribution in [0.5, 0.6) is 0 Å². The van der Waals surface area contributed by atoms with Gasteiger partial charge in [-0.3, -0.25) is 0 Å². The molecule has 0 nitrogen and oxygen atoms in total. The van der Waals surface area contributed by atoms with E-state index in [4.69, 9.17) is 0 Å². The number of fused-ring (bicyclic) bond motifs is 3. The minimum Gasteiger partial charge on any atom is -0.123 e. The first-order chi connectivity index (χ1) is 8.31. The number of benzene rings is 2. The van der Waals surface area contributed by atoms with Crippen LogP contribution in [-0.2, 0) is 0 Å². The van der Waals surface area contributed by atoms with Gasteiger partial charge in [0.05, 0.1) is 0 Å². The molecule has 0 bridgehead atoms. The molecule has 2 unspecified atom stereocenters. The van der Waals surface area contributed by atoms with Crippen LogP contribution in [0.1, 0.15) is 31.7 Å². The largest absolute Gasteiger partial charge is 0.123 e. The topological polar surface area (TPSA) is 0 Å². The van der Waals surface area contributed by atoms with E-state index in [0.717, 1.165) is 8.19 Å². The van der Waals surface area contributed by atoms with Gasteiger partial charge in [0.1, 0.15) is 0 Å². The van der Waals surface area contributed by atoms with Gasteiger partial charge < -0.3 is 0 Å². The molecular formula is C16H17P. The van der Waals surface area contributed by atoms with E-state index < -0.39 is 0 Å². The lowest BCUT2D eigenvalue weighted by atomic mass is 9.97. The van der Waals surface area contributed by atoms with E-state index in [9.17, 15) is 0 Å². The highest BCUT2D eigenvalue weighted by atomic mass is 31.0. The highest BCUT2D eigenvalue weighted by molar-refractivity contribution is 7.44. The normalized spacial score (nSPS) is 13.8. The lowest BCUT2D eigenvalue weighted by molar-refractivity contribution is 0.741. The number of hydrogen-bond donors (Lipinski definition) is 0. The van der Waals surface area contributed by atoms with Crippen LogP contribution in [0.15, 0.2) is 42.5 Å². The van der Waals surface area contributed by atoms with Gasteiger partial charge in [0.2, 0.25) is 0 Å². The second kappa shape index (κ2) is 4.20. The molecule has 0 N–H and O–H groups in total. The lowest BCUT2D eigenvalue weighted by Crippen LogP contribution is -1.90. The fourth-order valence-electron chi connectivity index (χ4n) is 2.53. The van der Waals surface area contributed by atoms with Crippen molar-refractivity contribution < 1.29 is 0 Å². The summed E-state index contributed by atoms with van der Waals surface area (Å²) in [5.41, 5.74) is 1.56. The van der Waals surface area contributed by atoms with Crippen LogP contribution in [0.25, 0.3) is 21.0 Å². The van der Waals surface area contributed by atoms with E-state index in [-0.39, 0.29) is 0 Å². The smallest absolute Gasteiger partial charge is 0.00287 e. The van der Waals surface area contributed by atoms with Crippen molar-refractivity contribution in [1.29, 1.82) is 0 Å². The second-order valence-electron chi connectivity index (χ2n) is 4.75. The van der Waals surface area contributed by atoms with Gasteiger partial charge in [0, 0.05) is 5.12 Å². The summed E-state index contributed by atoms with van der Waals surface area (Å²) in [5, 5.41) is 6.02. The van der Waals surface area contributed by atoms with E-state index in [2.05, 4.69) is 56.3 Å². The molecule has 2 aromatic carbocycles. The highest BCUT2D eigenvalue weighted by Gasteiger charge is 2.10. The summed E-state index contributed by atoms with van der Waals surface area (Å²) >= 11 is 0. The maximum Gasteiger partial charge on any atom is 0.00287 e. The molecule has 0 saturated carbocycles. The van der Waals surface area contributed by atoms with Crippen molar-refractivity contribution >= 4 is 29.2 Å². The first-order valence-electron chi connectivity index (χ1n) is 6.30. The summed E-state index contributed by atoms with van der Waals surface area (Å²) in [5.74, 6) is 0.673. The molecule has 0 aliphatic carbocycles. The zero-order valence-corrected chi connectivity index (χ0v) is 11.3. The quantitative estimate of drug-likeness (QED) is 0.551. The molecular weight excluding hydrogens is 223 g/mol. The molecule has 0 spiro atoms. The Bertz CT molecular complexity index is 663. The number of rotatable bonds is 2. The van der Waals surface area contributed by atoms with Crippen molar-refractivity contribution in [3.63, 3.8) is 0 Å². The van der Waals surface area contributed by atoms with Gasteiger partial charge in [-0.05, 0) is 33.8 Å². The van der Waals surface area contributed by atoms with E-state index >= 15 is 0 Å². The summed E-state index contributed by atoms with van der Waals surface area (Å²) in [6.45, 7) is 4.61. The van der Waals surface area contributed by atoms with Crippen LogP contribution in [0.2, 0.25) is 0 Å². The summed E-state index contributed by atoms with van der Waals surface area (Å²) < 4.78 is 0. The average Bonchev–Trinajstić information content (AvgIpc) is 2.76. The third-order valence-corrected chi connectivity index (χ3v) is 5.23. The lowest BCUT2D eigenvalue weighted by Gasteiger charge is -2.10. The molecule has 0 fully saturated rings. The molecule has 3 aromatic rings. The van der Waals surface area contributed by atoms with Crippen molar-refractivity contribution in [3.05, 3.63) is 48.0 Å². The van der Waals surface area contributed by atoms with Gasteiger partial charge in [-0.2, -0.15) is 0 Å². The third kappa shape index (κ3) is 1.68. The Hall–Kier alpha value is -1.26. The van der Waals surface area contributed by atoms with Crippen LogP contribution in [0, 0.1) is 0 Å². The SMILES string of the molecule is CCC(C)c1cccc2c1[pH]c1ccccc12. The Balaban J connectivity index is 2.39.